The number of benzene rings is 1. The van der Waals surface area contributed by atoms with Crippen LogP contribution in [-0.4, -0.2) is 29.4 Å². The van der Waals surface area contributed by atoms with E-state index in [2.05, 4.69) is 5.32 Å². The third-order valence-electron chi connectivity index (χ3n) is 2.38. The maximum atomic E-state index is 11.9. The zero-order chi connectivity index (χ0) is 15.3. The van der Waals surface area contributed by atoms with E-state index in [0.717, 1.165) is 6.07 Å². The van der Waals surface area contributed by atoms with Gasteiger partial charge in [0.05, 0.1) is 15.5 Å². The Balaban J connectivity index is 2.89. The summed E-state index contributed by atoms with van der Waals surface area (Å²) in [5.74, 6) is -1.35. The number of likely N-dealkylation sites (N-methyl/N-ethyl adjacent to an activating group) is 1. The van der Waals surface area contributed by atoms with Gasteiger partial charge in [0, 0.05) is 18.7 Å². The van der Waals surface area contributed by atoms with Gasteiger partial charge in [-0.3, -0.25) is 14.9 Å². The van der Waals surface area contributed by atoms with E-state index in [0.29, 0.717) is 6.54 Å². The van der Waals surface area contributed by atoms with Gasteiger partial charge in [-0.15, -0.1) is 0 Å². The number of esters is 1. The van der Waals surface area contributed by atoms with Crippen molar-refractivity contribution >= 4 is 29.2 Å². The lowest BCUT2D eigenvalue weighted by molar-refractivity contribution is -0.384. The molecule has 0 aliphatic carbocycles. The van der Waals surface area contributed by atoms with Gasteiger partial charge in [0.1, 0.15) is 0 Å². The van der Waals surface area contributed by atoms with Crippen molar-refractivity contribution in [3.05, 3.63) is 38.9 Å². The Kier molecular flexibility index (Phi) is 5.45. The fourth-order valence-corrected chi connectivity index (χ4v) is 1.57. The fraction of sp³-hybridized carbons (Fsp3) is 0.333. The molecule has 0 aromatic heterocycles. The molecule has 108 valence electrons. The van der Waals surface area contributed by atoms with Gasteiger partial charge in [0.25, 0.3) is 11.6 Å². The molecule has 0 fully saturated rings. The second-order valence-corrected chi connectivity index (χ2v) is 4.27. The van der Waals surface area contributed by atoms with Crippen LogP contribution in [0.2, 0.25) is 5.02 Å². The standard InChI is InChI=1S/C12H13ClN2O5/c1-3-14-11(16)7(2)20-12(17)9-6-8(15(18)19)4-5-10(9)13/h4-7H,3H2,1-2H3,(H,14,16)/t7-/m0/s1. The molecule has 8 heteroatoms. The Labute approximate surface area is 120 Å². The minimum absolute atomic E-state index is 0.0173. The summed E-state index contributed by atoms with van der Waals surface area (Å²) >= 11 is 5.80. The normalized spacial score (nSPS) is 11.6. The molecule has 7 nitrogen and oxygen atoms in total. The molecule has 1 aromatic rings. The predicted molar refractivity (Wildman–Crippen MR) is 71.7 cm³/mol. The number of nitro groups is 1. The Morgan fingerprint density at radius 3 is 2.70 bits per heavy atom. The molecule has 0 heterocycles. The van der Waals surface area contributed by atoms with Crippen LogP contribution in [0.5, 0.6) is 0 Å². The van der Waals surface area contributed by atoms with Crippen molar-refractivity contribution in [1.82, 2.24) is 5.32 Å². The Hall–Kier alpha value is -2.15. The van der Waals surface area contributed by atoms with Crippen molar-refractivity contribution in [3.8, 4) is 0 Å². The lowest BCUT2D eigenvalue weighted by atomic mass is 10.2. The highest BCUT2D eigenvalue weighted by Crippen LogP contribution is 2.23. The molecule has 20 heavy (non-hydrogen) atoms. The first-order valence-corrected chi connectivity index (χ1v) is 6.17. The molecule has 0 aliphatic rings. The Morgan fingerprint density at radius 1 is 1.50 bits per heavy atom. The van der Waals surface area contributed by atoms with Crippen molar-refractivity contribution in [2.75, 3.05) is 6.54 Å². The molecule has 1 N–H and O–H groups in total. The number of carbonyl (C=O) groups excluding carboxylic acids is 2. The molecule has 1 rings (SSSR count). The molecule has 0 spiro atoms. The smallest absolute Gasteiger partial charge is 0.340 e. The van der Waals surface area contributed by atoms with Crippen molar-refractivity contribution in [2.45, 2.75) is 20.0 Å². The van der Waals surface area contributed by atoms with Crippen molar-refractivity contribution < 1.29 is 19.2 Å². The van der Waals surface area contributed by atoms with Gasteiger partial charge < -0.3 is 10.1 Å². The molecular formula is C12H13ClN2O5. The van der Waals surface area contributed by atoms with E-state index in [1.807, 2.05) is 0 Å². The van der Waals surface area contributed by atoms with E-state index in [-0.39, 0.29) is 16.3 Å². The van der Waals surface area contributed by atoms with Gasteiger partial charge >= 0.3 is 5.97 Å². The van der Waals surface area contributed by atoms with Crippen molar-refractivity contribution in [2.24, 2.45) is 0 Å². The van der Waals surface area contributed by atoms with Crippen LogP contribution in [-0.2, 0) is 9.53 Å². The molecule has 0 aliphatic heterocycles. The number of halogens is 1. The van der Waals surface area contributed by atoms with Crippen LogP contribution in [0.1, 0.15) is 24.2 Å². The van der Waals surface area contributed by atoms with Gasteiger partial charge in [-0.1, -0.05) is 11.6 Å². The first-order valence-electron chi connectivity index (χ1n) is 5.79. The van der Waals surface area contributed by atoms with Crippen LogP contribution in [0, 0.1) is 10.1 Å². The van der Waals surface area contributed by atoms with E-state index in [1.165, 1.54) is 19.1 Å². The first kappa shape index (κ1) is 15.9. The Morgan fingerprint density at radius 2 is 2.15 bits per heavy atom. The fourth-order valence-electron chi connectivity index (χ4n) is 1.38. The summed E-state index contributed by atoms with van der Waals surface area (Å²) in [7, 11) is 0. The molecule has 1 atom stereocenters. The third-order valence-corrected chi connectivity index (χ3v) is 2.71. The highest BCUT2D eigenvalue weighted by atomic mass is 35.5. The van der Waals surface area contributed by atoms with Crippen LogP contribution in [0.15, 0.2) is 18.2 Å². The molecule has 0 unspecified atom stereocenters. The minimum atomic E-state index is -1.02. The summed E-state index contributed by atoms with van der Waals surface area (Å²) in [6, 6.07) is 3.41. The van der Waals surface area contributed by atoms with Crippen molar-refractivity contribution in [1.29, 1.82) is 0 Å². The quantitative estimate of drug-likeness (QED) is 0.509. The number of amides is 1. The Bertz CT molecular complexity index is 547. The van der Waals surface area contributed by atoms with Crippen LogP contribution < -0.4 is 5.32 Å². The predicted octanol–water partition coefficient (Wildman–Crippen LogP) is 1.93. The summed E-state index contributed by atoms with van der Waals surface area (Å²) in [6.07, 6.45) is -1.02. The van der Waals surface area contributed by atoms with E-state index in [1.54, 1.807) is 6.92 Å². The maximum absolute atomic E-state index is 11.9. The van der Waals surface area contributed by atoms with Crippen LogP contribution in [0.25, 0.3) is 0 Å². The lowest BCUT2D eigenvalue weighted by Gasteiger charge is -2.13. The zero-order valence-electron chi connectivity index (χ0n) is 10.9. The molecule has 0 bridgehead atoms. The molecule has 0 saturated heterocycles. The maximum Gasteiger partial charge on any atom is 0.340 e. The molecule has 0 saturated carbocycles. The topological polar surface area (TPSA) is 98.5 Å². The average molecular weight is 301 g/mol. The molecular weight excluding hydrogens is 288 g/mol. The van der Waals surface area contributed by atoms with Gasteiger partial charge in [-0.2, -0.15) is 0 Å². The second-order valence-electron chi connectivity index (χ2n) is 3.86. The van der Waals surface area contributed by atoms with Gasteiger partial charge in [-0.25, -0.2) is 4.79 Å². The van der Waals surface area contributed by atoms with E-state index in [9.17, 15) is 19.7 Å². The van der Waals surface area contributed by atoms with E-state index in [4.69, 9.17) is 16.3 Å². The van der Waals surface area contributed by atoms with Gasteiger partial charge in [-0.05, 0) is 19.9 Å². The highest BCUT2D eigenvalue weighted by Gasteiger charge is 2.22. The van der Waals surface area contributed by atoms with Crippen LogP contribution >= 0.6 is 11.6 Å². The number of nitrogens with one attached hydrogen (secondary N) is 1. The third kappa shape index (κ3) is 3.92. The number of carbonyl (C=O) groups is 2. The molecule has 1 aromatic carbocycles. The number of ether oxygens (including phenoxy) is 1. The van der Waals surface area contributed by atoms with Crippen molar-refractivity contribution in [3.63, 3.8) is 0 Å². The molecule has 0 radical (unpaired) electrons. The summed E-state index contributed by atoms with van der Waals surface area (Å²) < 4.78 is 4.91. The summed E-state index contributed by atoms with van der Waals surface area (Å²) in [5.41, 5.74) is -0.441. The summed E-state index contributed by atoms with van der Waals surface area (Å²) in [5, 5.41) is 13.2. The number of hydrogen-bond donors (Lipinski definition) is 1. The number of rotatable bonds is 5. The molecule has 1 amide bonds. The van der Waals surface area contributed by atoms with Crippen LogP contribution in [0.4, 0.5) is 5.69 Å². The number of nitro benzene ring substituents is 1. The SMILES string of the molecule is CCNC(=O)[C@H](C)OC(=O)c1cc([N+](=O)[O-])ccc1Cl. The van der Waals surface area contributed by atoms with Gasteiger partial charge in [0.15, 0.2) is 6.10 Å². The monoisotopic (exact) mass is 300 g/mol. The number of nitrogens with zero attached hydrogens (tertiary/aromatic N) is 1. The largest absolute Gasteiger partial charge is 0.449 e. The average Bonchev–Trinajstić information content (AvgIpc) is 2.38. The second kappa shape index (κ2) is 6.85. The summed E-state index contributed by atoms with van der Waals surface area (Å²) in [6.45, 7) is 3.52. The highest BCUT2D eigenvalue weighted by molar-refractivity contribution is 6.33. The van der Waals surface area contributed by atoms with Crippen LogP contribution in [0.3, 0.4) is 0 Å². The van der Waals surface area contributed by atoms with E-state index < -0.39 is 22.9 Å². The minimum Gasteiger partial charge on any atom is -0.449 e. The lowest BCUT2D eigenvalue weighted by Crippen LogP contribution is -2.35. The van der Waals surface area contributed by atoms with E-state index >= 15 is 0 Å². The van der Waals surface area contributed by atoms with Gasteiger partial charge in [0.2, 0.25) is 0 Å². The summed E-state index contributed by atoms with van der Waals surface area (Å²) in [4.78, 5) is 33.3. The zero-order valence-corrected chi connectivity index (χ0v) is 11.6. The first-order chi connectivity index (χ1) is 9.36. The number of hydrogen-bond acceptors (Lipinski definition) is 5. The number of non-ortho nitro benzene ring substituents is 1.